The lowest BCUT2D eigenvalue weighted by molar-refractivity contribution is 0.229. The minimum absolute atomic E-state index is 0.0306. The molecule has 1 aromatic carbocycles. The van der Waals surface area contributed by atoms with Gasteiger partial charge in [0.25, 0.3) is 0 Å². The zero-order chi connectivity index (χ0) is 17.7. The van der Waals surface area contributed by atoms with Gasteiger partial charge in [-0.3, -0.25) is 0 Å². The number of hydrogen-bond donors (Lipinski definition) is 2. The predicted molar refractivity (Wildman–Crippen MR) is 98.8 cm³/mol. The average molecular weight is 332 g/mol. The van der Waals surface area contributed by atoms with Gasteiger partial charge in [-0.25, -0.2) is 4.79 Å². The summed E-state index contributed by atoms with van der Waals surface area (Å²) in [7, 11) is 1.71. The molecule has 0 aliphatic heterocycles. The van der Waals surface area contributed by atoms with Crippen LogP contribution in [0.25, 0.3) is 0 Å². The number of amides is 2. The van der Waals surface area contributed by atoms with Gasteiger partial charge in [0, 0.05) is 6.04 Å². The number of aryl methyl sites for hydroxylation is 1. The number of nitrogens with one attached hydrogen (secondary N) is 2. The fourth-order valence-corrected chi connectivity index (χ4v) is 3.56. The van der Waals surface area contributed by atoms with Crippen molar-refractivity contribution in [2.75, 3.05) is 7.11 Å². The van der Waals surface area contributed by atoms with Crippen molar-refractivity contribution in [3.05, 3.63) is 28.8 Å². The highest BCUT2D eigenvalue weighted by atomic mass is 16.5. The number of hydrogen-bond acceptors (Lipinski definition) is 2. The summed E-state index contributed by atoms with van der Waals surface area (Å²) in [5.41, 5.74) is 3.47. The van der Waals surface area contributed by atoms with Crippen LogP contribution in [0.5, 0.6) is 5.75 Å². The molecule has 1 aliphatic rings. The van der Waals surface area contributed by atoms with Crippen molar-refractivity contribution in [2.24, 2.45) is 0 Å². The van der Waals surface area contributed by atoms with E-state index in [9.17, 15) is 4.79 Å². The van der Waals surface area contributed by atoms with Crippen LogP contribution in [0.15, 0.2) is 12.1 Å². The molecule has 2 N–H and O–H groups in total. The third-order valence-corrected chi connectivity index (χ3v) is 4.99. The molecular weight excluding hydrogens is 300 g/mol. The summed E-state index contributed by atoms with van der Waals surface area (Å²) in [4.78, 5) is 12.3. The number of urea groups is 1. The predicted octanol–water partition coefficient (Wildman–Crippen LogP) is 4.82. The van der Waals surface area contributed by atoms with Crippen LogP contribution in [0.3, 0.4) is 0 Å². The third-order valence-electron chi connectivity index (χ3n) is 4.99. The molecule has 1 aliphatic carbocycles. The van der Waals surface area contributed by atoms with Crippen molar-refractivity contribution in [1.82, 2.24) is 10.6 Å². The summed E-state index contributed by atoms with van der Waals surface area (Å²) < 4.78 is 5.50. The molecule has 0 saturated heterocycles. The van der Waals surface area contributed by atoms with E-state index in [0.29, 0.717) is 12.0 Å². The van der Waals surface area contributed by atoms with E-state index in [2.05, 4.69) is 43.5 Å². The van der Waals surface area contributed by atoms with Crippen molar-refractivity contribution in [2.45, 2.75) is 77.8 Å². The van der Waals surface area contributed by atoms with Crippen molar-refractivity contribution < 1.29 is 9.53 Å². The van der Waals surface area contributed by atoms with Crippen molar-refractivity contribution in [3.63, 3.8) is 0 Å². The molecule has 2 rings (SSSR count). The van der Waals surface area contributed by atoms with E-state index in [-0.39, 0.29) is 12.1 Å². The highest BCUT2D eigenvalue weighted by Crippen LogP contribution is 2.32. The van der Waals surface area contributed by atoms with Gasteiger partial charge >= 0.3 is 6.03 Å². The second-order valence-electron chi connectivity index (χ2n) is 7.28. The molecule has 1 aromatic rings. The van der Waals surface area contributed by atoms with Gasteiger partial charge in [-0.15, -0.1) is 0 Å². The van der Waals surface area contributed by atoms with Crippen molar-refractivity contribution in [1.29, 1.82) is 0 Å². The Morgan fingerprint density at radius 1 is 1.12 bits per heavy atom. The molecule has 1 fully saturated rings. The van der Waals surface area contributed by atoms with Crippen LogP contribution in [0, 0.1) is 6.92 Å². The third kappa shape index (κ3) is 4.65. The topological polar surface area (TPSA) is 50.4 Å². The maximum Gasteiger partial charge on any atom is 0.315 e. The van der Waals surface area contributed by atoms with Crippen LogP contribution < -0.4 is 15.4 Å². The number of carbonyl (C=O) groups excluding carboxylic acids is 1. The molecule has 1 atom stereocenters. The molecule has 0 aromatic heterocycles. The van der Waals surface area contributed by atoms with Crippen LogP contribution in [0.1, 0.15) is 81.5 Å². The van der Waals surface area contributed by atoms with E-state index in [1.165, 1.54) is 24.8 Å². The molecule has 4 heteroatoms. The minimum Gasteiger partial charge on any atom is -0.496 e. The Labute approximate surface area is 146 Å². The Morgan fingerprint density at radius 3 is 2.38 bits per heavy atom. The van der Waals surface area contributed by atoms with E-state index in [0.717, 1.165) is 29.7 Å². The average Bonchev–Trinajstić information content (AvgIpc) is 2.54. The SMILES string of the molecule is COc1cc(C)c([C@@H](C)NC(=O)NC2CCCCC2)cc1C(C)C. The molecule has 1 saturated carbocycles. The largest absolute Gasteiger partial charge is 0.496 e. The Balaban J connectivity index is 2.06. The Bertz CT molecular complexity index is 563. The van der Waals surface area contributed by atoms with Crippen LogP contribution >= 0.6 is 0 Å². The summed E-state index contributed by atoms with van der Waals surface area (Å²) in [6, 6.07) is 4.48. The van der Waals surface area contributed by atoms with E-state index >= 15 is 0 Å². The first-order valence-corrected chi connectivity index (χ1v) is 9.17. The fraction of sp³-hybridized carbons (Fsp3) is 0.650. The summed E-state index contributed by atoms with van der Waals surface area (Å²) >= 11 is 0. The van der Waals surface area contributed by atoms with Crippen molar-refractivity contribution in [3.8, 4) is 5.75 Å². The van der Waals surface area contributed by atoms with Gasteiger partial charge in [-0.05, 0) is 61.4 Å². The number of benzene rings is 1. The number of carbonyl (C=O) groups is 1. The molecule has 24 heavy (non-hydrogen) atoms. The first-order chi connectivity index (χ1) is 11.4. The molecule has 0 radical (unpaired) electrons. The van der Waals surface area contributed by atoms with E-state index in [1.54, 1.807) is 7.11 Å². The van der Waals surface area contributed by atoms with Crippen LogP contribution in [0.2, 0.25) is 0 Å². The number of ether oxygens (including phenoxy) is 1. The minimum atomic E-state index is -0.0595. The van der Waals surface area contributed by atoms with Crippen LogP contribution in [0.4, 0.5) is 4.79 Å². The highest BCUT2D eigenvalue weighted by molar-refractivity contribution is 5.74. The van der Waals surface area contributed by atoms with E-state index in [4.69, 9.17) is 4.74 Å². The normalized spacial score (nSPS) is 16.8. The molecule has 4 nitrogen and oxygen atoms in total. The summed E-state index contributed by atoms with van der Waals surface area (Å²) in [6.45, 7) is 8.42. The van der Waals surface area contributed by atoms with Gasteiger partial charge in [0.2, 0.25) is 0 Å². The lowest BCUT2D eigenvalue weighted by atomic mass is 9.93. The van der Waals surface area contributed by atoms with Gasteiger partial charge in [0.05, 0.1) is 13.2 Å². The Kier molecular flexibility index (Phi) is 6.52. The standard InChI is InChI=1S/C20H32N2O2/c1-13(2)17-12-18(14(3)11-19(17)24-5)15(4)21-20(23)22-16-9-7-6-8-10-16/h11-13,15-16H,6-10H2,1-5H3,(H2,21,22,23)/t15-/m1/s1. The second kappa shape index (κ2) is 8.41. The van der Waals surface area contributed by atoms with E-state index in [1.807, 2.05) is 6.92 Å². The van der Waals surface area contributed by atoms with Crippen LogP contribution in [-0.2, 0) is 0 Å². The summed E-state index contributed by atoms with van der Waals surface area (Å²) in [6.07, 6.45) is 5.92. The van der Waals surface area contributed by atoms with Crippen molar-refractivity contribution >= 4 is 6.03 Å². The first-order valence-electron chi connectivity index (χ1n) is 9.17. The molecule has 0 heterocycles. The quantitative estimate of drug-likeness (QED) is 0.812. The lowest BCUT2D eigenvalue weighted by Crippen LogP contribution is -2.43. The van der Waals surface area contributed by atoms with Gasteiger partial charge < -0.3 is 15.4 Å². The second-order valence-corrected chi connectivity index (χ2v) is 7.28. The molecule has 0 unspecified atom stereocenters. The summed E-state index contributed by atoms with van der Waals surface area (Å²) in [5, 5.41) is 6.22. The maximum absolute atomic E-state index is 12.3. The smallest absolute Gasteiger partial charge is 0.315 e. The molecule has 0 bridgehead atoms. The van der Waals surface area contributed by atoms with E-state index < -0.39 is 0 Å². The molecule has 134 valence electrons. The Hall–Kier alpha value is -1.71. The molecule has 0 spiro atoms. The summed E-state index contributed by atoms with van der Waals surface area (Å²) in [5.74, 6) is 1.30. The zero-order valence-corrected chi connectivity index (χ0v) is 15.7. The highest BCUT2D eigenvalue weighted by Gasteiger charge is 2.19. The van der Waals surface area contributed by atoms with Gasteiger partial charge in [0.1, 0.15) is 5.75 Å². The monoisotopic (exact) mass is 332 g/mol. The lowest BCUT2D eigenvalue weighted by Gasteiger charge is -2.25. The Morgan fingerprint density at radius 2 is 1.79 bits per heavy atom. The molecular formula is C20H32N2O2. The molecule has 2 amide bonds. The number of rotatable bonds is 5. The first kappa shape index (κ1) is 18.6. The number of methoxy groups -OCH3 is 1. The van der Waals surface area contributed by atoms with Gasteiger partial charge in [-0.1, -0.05) is 33.1 Å². The van der Waals surface area contributed by atoms with Crippen LogP contribution in [-0.4, -0.2) is 19.2 Å². The fourth-order valence-electron chi connectivity index (χ4n) is 3.56. The maximum atomic E-state index is 12.3. The zero-order valence-electron chi connectivity index (χ0n) is 15.7. The van der Waals surface area contributed by atoms with Gasteiger partial charge in [-0.2, -0.15) is 0 Å². The van der Waals surface area contributed by atoms with Gasteiger partial charge in [0.15, 0.2) is 0 Å².